The van der Waals surface area contributed by atoms with Crippen LogP contribution in [0.3, 0.4) is 0 Å². The minimum Gasteiger partial charge on any atom is -0.368 e. The highest BCUT2D eigenvalue weighted by Crippen LogP contribution is 2.34. The first-order valence-electron chi connectivity index (χ1n) is 9.65. The van der Waals surface area contributed by atoms with Crippen molar-refractivity contribution in [3.8, 4) is 0 Å². The summed E-state index contributed by atoms with van der Waals surface area (Å²) in [4.78, 5) is 22.6. The van der Waals surface area contributed by atoms with E-state index < -0.39 is 21.0 Å². The van der Waals surface area contributed by atoms with E-state index in [0.717, 1.165) is 0 Å². The number of urea groups is 1. The Morgan fingerprint density at radius 3 is 2.31 bits per heavy atom. The fourth-order valence-corrected chi connectivity index (χ4v) is 3.89. The number of hydrogen-bond donors (Lipinski definition) is 5. The Morgan fingerprint density at radius 2 is 1.66 bits per heavy atom. The van der Waals surface area contributed by atoms with Crippen LogP contribution in [0.4, 0.5) is 39.4 Å². The van der Waals surface area contributed by atoms with E-state index in [9.17, 15) is 17.8 Å². The molecule has 0 saturated carbocycles. The predicted molar refractivity (Wildman–Crippen MR) is 130 cm³/mol. The van der Waals surface area contributed by atoms with Crippen LogP contribution in [0.15, 0.2) is 69.7 Å². The zero-order chi connectivity index (χ0) is 25.2. The average molecular weight is 514 g/mol. The second kappa shape index (κ2) is 9.46. The molecule has 3 aromatic carbocycles. The summed E-state index contributed by atoms with van der Waals surface area (Å²) in [5, 5.41) is 14.5. The monoisotopic (exact) mass is 513 g/mol. The Labute approximate surface area is 203 Å². The highest BCUT2D eigenvalue weighted by atomic mass is 35.5. The fourth-order valence-electron chi connectivity index (χ4n) is 3.08. The first-order chi connectivity index (χ1) is 16.6. The van der Waals surface area contributed by atoms with Crippen LogP contribution < -0.4 is 22.1 Å². The minimum atomic E-state index is -4.60. The maximum absolute atomic E-state index is 11.9. The van der Waals surface area contributed by atoms with E-state index in [-0.39, 0.29) is 34.2 Å². The zero-order valence-electron chi connectivity index (χ0n) is 17.5. The third-order valence-electron chi connectivity index (χ3n) is 4.51. The van der Waals surface area contributed by atoms with Gasteiger partial charge in [0.15, 0.2) is 0 Å². The van der Waals surface area contributed by atoms with Crippen LogP contribution in [0.25, 0.3) is 10.8 Å². The van der Waals surface area contributed by atoms with Crippen LogP contribution in [0, 0.1) is 0 Å². The number of fused-ring (bicyclic) bond motifs is 1. The van der Waals surface area contributed by atoms with Gasteiger partial charge in [-0.1, -0.05) is 24.3 Å². The van der Waals surface area contributed by atoms with Crippen LogP contribution in [-0.4, -0.2) is 34.0 Å². The molecule has 0 aliphatic carbocycles. The van der Waals surface area contributed by atoms with Gasteiger partial charge in [0.25, 0.3) is 10.1 Å². The molecule has 7 N–H and O–H groups in total. The topological polar surface area (TPSA) is 211 Å². The van der Waals surface area contributed by atoms with Crippen molar-refractivity contribution in [1.29, 1.82) is 0 Å². The lowest BCUT2D eigenvalue weighted by Gasteiger charge is -2.10. The van der Waals surface area contributed by atoms with E-state index in [2.05, 4.69) is 35.8 Å². The van der Waals surface area contributed by atoms with Gasteiger partial charge in [0.2, 0.25) is 17.2 Å². The molecule has 0 radical (unpaired) electrons. The second-order valence-corrected chi connectivity index (χ2v) is 8.70. The summed E-state index contributed by atoms with van der Waals surface area (Å²) in [6.45, 7) is 0. The number of carbonyl (C=O) groups excluding carboxylic acids is 1. The molecule has 178 valence electrons. The van der Waals surface area contributed by atoms with E-state index in [1.165, 1.54) is 24.3 Å². The molecule has 1 heterocycles. The lowest BCUT2D eigenvalue weighted by Crippen LogP contribution is -2.19. The lowest BCUT2D eigenvalue weighted by atomic mass is 10.1. The van der Waals surface area contributed by atoms with Crippen molar-refractivity contribution in [2.45, 2.75) is 4.90 Å². The Hall–Kier alpha value is -4.40. The van der Waals surface area contributed by atoms with Crippen LogP contribution in [0.5, 0.6) is 0 Å². The van der Waals surface area contributed by atoms with Crippen LogP contribution >= 0.6 is 11.6 Å². The second-order valence-electron chi connectivity index (χ2n) is 6.97. The number of hydrogen-bond acceptors (Lipinski definition) is 10. The minimum absolute atomic E-state index is 0.0517. The molecule has 0 aliphatic heterocycles. The summed E-state index contributed by atoms with van der Waals surface area (Å²) in [6, 6.07) is 13.3. The summed E-state index contributed by atoms with van der Waals surface area (Å²) in [6.07, 6.45) is 0. The first kappa shape index (κ1) is 23.7. The van der Waals surface area contributed by atoms with Crippen molar-refractivity contribution in [2.75, 3.05) is 16.4 Å². The van der Waals surface area contributed by atoms with Crippen LogP contribution in [0.2, 0.25) is 5.28 Å². The normalized spacial score (nSPS) is 11.6. The third kappa shape index (κ3) is 5.75. The fraction of sp³-hybridized carbons (Fsp3) is 0. The highest BCUT2D eigenvalue weighted by Gasteiger charge is 2.17. The molecule has 4 aromatic rings. The molecule has 1 aromatic heterocycles. The first-order valence-corrected chi connectivity index (χ1v) is 11.5. The van der Waals surface area contributed by atoms with Gasteiger partial charge in [0, 0.05) is 5.69 Å². The van der Waals surface area contributed by atoms with Gasteiger partial charge >= 0.3 is 6.03 Å². The number of carbonyl (C=O) groups is 1. The Kier molecular flexibility index (Phi) is 6.42. The molecule has 0 saturated heterocycles. The highest BCUT2D eigenvalue weighted by molar-refractivity contribution is 7.86. The van der Waals surface area contributed by atoms with Gasteiger partial charge in [-0.3, -0.25) is 4.55 Å². The quantitative estimate of drug-likeness (QED) is 0.184. The lowest BCUT2D eigenvalue weighted by molar-refractivity contribution is 0.259. The van der Waals surface area contributed by atoms with Crippen molar-refractivity contribution in [1.82, 2.24) is 15.0 Å². The third-order valence-corrected chi connectivity index (χ3v) is 5.56. The number of amides is 2. The molecule has 2 amide bonds. The maximum Gasteiger partial charge on any atom is 0.316 e. The van der Waals surface area contributed by atoms with Crippen LogP contribution in [-0.2, 0) is 10.1 Å². The molecule has 0 fully saturated rings. The van der Waals surface area contributed by atoms with E-state index in [0.29, 0.717) is 16.5 Å². The molecular formula is C20H16ClN9O4S. The summed E-state index contributed by atoms with van der Waals surface area (Å²) in [7, 11) is -4.60. The average Bonchev–Trinajstić information content (AvgIpc) is 2.76. The summed E-state index contributed by atoms with van der Waals surface area (Å²) in [5.74, 6) is -0.0470. The van der Waals surface area contributed by atoms with E-state index in [1.807, 2.05) is 0 Å². The van der Waals surface area contributed by atoms with E-state index >= 15 is 0 Å². The number of rotatable bonds is 6. The molecule has 0 aliphatic rings. The molecule has 0 bridgehead atoms. The number of aromatic nitrogens is 3. The van der Waals surface area contributed by atoms with Gasteiger partial charge in [-0.2, -0.15) is 23.4 Å². The smallest absolute Gasteiger partial charge is 0.316 e. The number of nitrogens with two attached hydrogens (primary N) is 2. The number of nitrogens with zero attached hydrogens (tertiary/aromatic N) is 5. The number of nitrogens with one attached hydrogen (secondary N) is 2. The standard InChI is InChI=1S/C20H16ClN9O4S/c21-17-26-18(22)28-20(27-17)24-12-5-6-13(14(9-12)25-19(23)31)29-30-15-7-10-3-1-2-4-11(10)8-16(15)35(32,33)34/h1-9H,(H3,23,25,31)(H,32,33,34)(H3,22,24,26,27,28). The van der Waals surface area contributed by atoms with Gasteiger partial charge in [-0.15, -0.1) is 10.2 Å². The molecule has 0 unspecified atom stereocenters. The van der Waals surface area contributed by atoms with Crippen molar-refractivity contribution < 1.29 is 17.8 Å². The Bertz CT molecular complexity index is 1580. The van der Waals surface area contributed by atoms with Crippen molar-refractivity contribution in [3.63, 3.8) is 0 Å². The van der Waals surface area contributed by atoms with Gasteiger partial charge in [-0.25, -0.2) is 4.79 Å². The Morgan fingerprint density at radius 1 is 0.971 bits per heavy atom. The number of anilines is 4. The summed E-state index contributed by atoms with van der Waals surface area (Å²) in [5.41, 5.74) is 11.4. The van der Waals surface area contributed by atoms with Gasteiger partial charge < -0.3 is 22.1 Å². The van der Waals surface area contributed by atoms with Crippen LogP contribution in [0.1, 0.15) is 0 Å². The molecule has 0 spiro atoms. The molecule has 13 nitrogen and oxygen atoms in total. The van der Waals surface area contributed by atoms with E-state index in [1.54, 1.807) is 30.3 Å². The number of azo groups is 1. The maximum atomic E-state index is 11.9. The van der Waals surface area contributed by atoms with E-state index in [4.69, 9.17) is 23.1 Å². The molecular weight excluding hydrogens is 498 g/mol. The summed E-state index contributed by atoms with van der Waals surface area (Å²) >= 11 is 5.78. The van der Waals surface area contributed by atoms with Crippen molar-refractivity contribution >= 4 is 73.2 Å². The zero-order valence-corrected chi connectivity index (χ0v) is 19.1. The van der Waals surface area contributed by atoms with Crippen molar-refractivity contribution in [2.24, 2.45) is 16.0 Å². The largest absolute Gasteiger partial charge is 0.368 e. The summed E-state index contributed by atoms with van der Waals surface area (Å²) < 4.78 is 33.5. The van der Waals surface area contributed by atoms with Crippen molar-refractivity contribution in [3.05, 3.63) is 59.9 Å². The number of benzene rings is 3. The molecule has 15 heteroatoms. The Balaban J connectivity index is 1.73. The molecule has 4 rings (SSSR count). The van der Waals surface area contributed by atoms with Gasteiger partial charge in [0.1, 0.15) is 16.3 Å². The van der Waals surface area contributed by atoms with Gasteiger partial charge in [0.05, 0.1) is 5.69 Å². The number of halogens is 1. The number of primary amides is 1. The SMILES string of the molecule is NC(=O)Nc1cc(Nc2nc(N)nc(Cl)n2)ccc1N=Nc1cc2ccccc2cc1S(=O)(=O)O. The predicted octanol–water partition coefficient (Wildman–Crippen LogP) is 4.16. The molecule has 0 atom stereocenters. The molecule has 35 heavy (non-hydrogen) atoms. The van der Waals surface area contributed by atoms with Gasteiger partial charge in [-0.05, 0) is 52.7 Å². The number of nitrogen functional groups attached to an aromatic ring is 1.